The molecule has 0 fully saturated rings. The van der Waals surface area contributed by atoms with E-state index in [0.29, 0.717) is 5.56 Å². The van der Waals surface area contributed by atoms with Crippen LogP contribution in [0.5, 0.6) is 11.5 Å². The van der Waals surface area contributed by atoms with Gasteiger partial charge in [0.05, 0.1) is 5.56 Å². The number of aryl methyl sites for hydroxylation is 1. The Balaban J connectivity index is 2.06. The van der Waals surface area contributed by atoms with Crippen molar-refractivity contribution in [2.24, 2.45) is 0 Å². The third kappa shape index (κ3) is 5.35. The van der Waals surface area contributed by atoms with Crippen molar-refractivity contribution < 1.29 is 24.2 Å². The molecular formula is C20H22O5. The number of carbonyl (C=O) groups is 2. The quantitative estimate of drug-likeness (QED) is 0.663. The fourth-order valence-corrected chi connectivity index (χ4v) is 2.17. The number of phenolic OH excluding ortho intramolecular Hbond substituents is 1. The molecule has 25 heavy (non-hydrogen) atoms. The van der Waals surface area contributed by atoms with E-state index in [1.165, 1.54) is 18.2 Å². The largest absolute Gasteiger partial charge is 0.507 e. The molecule has 0 saturated heterocycles. The number of benzene rings is 2. The number of carbonyl (C=O) groups excluding carboxylic acids is 2. The molecule has 0 bridgehead atoms. The highest BCUT2D eigenvalue weighted by Crippen LogP contribution is 2.26. The average molecular weight is 342 g/mol. The third-order valence-electron chi connectivity index (χ3n) is 3.30. The maximum Gasteiger partial charge on any atom is 0.344 e. The van der Waals surface area contributed by atoms with Crippen molar-refractivity contribution in [2.75, 3.05) is 6.61 Å². The van der Waals surface area contributed by atoms with Crippen LogP contribution in [0.2, 0.25) is 0 Å². The number of rotatable bonds is 5. The van der Waals surface area contributed by atoms with Crippen molar-refractivity contribution in [1.82, 2.24) is 0 Å². The van der Waals surface area contributed by atoms with Gasteiger partial charge in [0, 0.05) is 11.6 Å². The van der Waals surface area contributed by atoms with Crippen LogP contribution in [0.15, 0.2) is 42.5 Å². The fraction of sp³-hybridized carbons (Fsp3) is 0.300. The third-order valence-corrected chi connectivity index (χ3v) is 3.30. The van der Waals surface area contributed by atoms with Crippen LogP contribution in [0.25, 0.3) is 0 Å². The van der Waals surface area contributed by atoms with Gasteiger partial charge in [-0.1, -0.05) is 29.8 Å². The lowest BCUT2D eigenvalue weighted by Gasteiger charge is -2.19. The summed E-state index contributed by atoms with van der Waals surface area (Å²) in [4.78, 5) is 24.1. The van der Waals surface area contributed by atoms with Crippen molar-refractivity contribution in [3.63, 3.8) is 0 Å². The molecule has 1 N–H and O–H groups in total. The molecule has 0 aromatic heterocycles. The number of hydrogen-bond acceptors (Lipinski definition) is 5. The van der Waals surface area contributed by atoms with Gasteiger partial charge < -0.3 is 14.6 Å². The molecule has 2 aromatic carbocycles. The zero-order valence-electron chi connectivity index (χ0n) is 14.8. The minimum Gasteiger partial charge on any atom is -0.507 e. The number of esters is 1. The van der Waals surface area contributed by atoms with Crippen LogP contribution >= 0.6 is 0 Å². The van der Waals surface area contributed by atoms with Crippen molar-refractivity contribution in [2.45, 2.75) is 33.3 Å². The number of ether oxygens (including phenoxy) is 2. The second kappa shape index (κ2) is 7.38. The molecule has 5 heteroatoms. The van der Waals surface area contributed by atoms with Crippen LogP contribution in [0, 0.1) is 6.92 Å². The van der Waals surface area contributed by atoms with E-state index in [1.54, 1.807) is 32.9 Å². The van der Waals surface area contributed by atoms with Gasteiger partial charge in [-0.3, -0.25) is 4.79 Å². The van der Waals surface area contributed by atoms with Crippen molar-refractivity contribution in [3.05, 3.63) is 59.2 Å². The summed E-state index contributed by atoms with van der Waals surface area (Å²) in [6.07, 6.45) is 0. The Morgan fingerprint density at radius 2 is 1.68 bits per heavy atom. The lowest BCUT2D eigenvalue weighted by atomic mass is 10.0. The standard InChI is InChI=1S/C20H22O5/c1-13-5-7-14(8-6-13)19(23)16-10-9-15(11-17(16)21)24-12-18(22)25-20(2,3)4/h5-11,21H,12H2,1-4H3. The molecule has 0 spiro atoms. The van der Waals surface area contributed by atoms with E-state index in [4.69, 9.17) is 9.47 Å². The summed E-state index contributed by atoms with van der Waals surface area (Å²) in [5.41, 5.74) is 1.12. The molecule has 0 atom stereocenters. The number of aromatic hydroxyl groups is 1. The van der Waals surface area contributed by atoms with Crippen LogP contribution < -0.4 is 4.74 Å². The molecule has 132 valence electrons. The van der Waals surface area contributed by atoms with E-state index in [1.807, 2.05) is 19.1 Å². The van der Waals surface area contributed by atoms with Crippen LogP contribution in [0.3, 0.4) is 0 Å². The highest BCUT2D eigenvalue weighted by molar-refractivity contribution is 6.10. The maximum atomic E-state index is 12.4. The molecule has 5 nitrogen and oxygen atoms in total. The van der Waals surface area contributed by atoms with Crippen LogP contribution in [-0.4, -0.2) is 29.1 Å². The molecule has 0 unspecified atom stereocenters. The Morgan fingerprint density at radius 1 is 1.04 bits per heavy atom. The van der Waals surface area contributed by atoms with Crippen LogP contribution in [0.1, 0.15) is 42.3 Å². The highest BCUT2D eigenvalue weighted by Gasteiger charge is 2.18. The lowest BCUT2D eigenvalue weighted by Crippen LogP contribution is -2.27. The number of hydrogen-bond donors (Lipinski definition) is 1. The van der Waals surface area contributed by atoms with Gasteiger partial charge in [-0.2, -0.15) is 0 Å². The minimum absolute atomic E-state index is 0.175. The van der Waals surface area contributed by atoms with Crippen molar-refractivity contribution in [1.29, 1.82) is 0 Å². The summed E-state index contributed by atoms with van der Waals surface area (Å²) in [6.45, 7) is 6.96. The van der Waals surface area contributed by atoms with Gasteiger partial charge in [-0.25, -0.2) is 4.79 Å². The summed E-state index contributed by atoms with van der Waals surface area (Å²) in [5.74, 6) is -0.709. The maximum absolute atomic E-state index is 12.4. The Bertz CT molecular complexity index is 770. The van der Waals surface area contributed by atoms with Crippen LogP contribution in [-0.2, 0) is 9.53 Å². The summed E-state index contributed by atoms with van der Waals surface area (Å²) in [6, 6.07) is 11.4. The molecule has 0 aliphatic heterocycles. The Labute approximate surface area is 147 Å². The van der Waals surface area contributed by atoms with Gasteiger partial charge in [-0.15, -0.1) is 0 Å². The first-order valence-electron chi connectivity index (χ1n) is 7.95. The smallest absolute Gasteiger partial charge is 0.344 e. The normalized spacial score (nSPS) is 11.0. The Morgan fingerprint density at radius 3 is 2.24 bits per heavy atom. The van der Waals surface area contributed by atoms with E-state index in [9.17, 15) is 14.7 Å². The first-order valence-corrected chi connectivity index (χ1v) is 7.95. The molecule has 0 amide bonds. The van der Waals surface area contributed by atoms with Gasteiger partial charge in [0.15, 0.2) is 12.4 Å². The molecular weight excluding hydrogens is 320 g/mol. The summed E-state index contributed by atoms with van der Waals surface area (Å²) in [5, 5.41) is 10.1. The molecule has 2 aromatic rings. The highest BCUT2D eigenvalue weighted by atomic mass is 16.6. The average Bonchev–Trinajstić information content (AvgIpc) is 2.51. The Hall–Kier alpha value is -2.82. The zero-order valence-corrected chi connectivity index (χ0v) is 14.8. The topological polar surface area (TPSA) is 72.8 Å². The first-order chi connectivity index (χ1) is 11.7. The lowest BCUT2D eigenvalue weighted by molar-refractivity contribution is -0.157. The molecule has 0 radical (unpaired) electrons. The van der Waals surface area contributed by atoms with Crippen molar-refractivity contribution >= 4 is 11.8 Å². The van der Waals surface area contributed by atoms with Crippen molar-refractivity contribution in [3.8, 4) is 11.5 Å². The first kappa shape index (κ1) is 18.5. The fourth-order valence-electron chi connectivity index (χ4n) is 2.17. The summed E-state index contributed by atoms with van der Waals surface area (Å²) < 4.78 is 10.4. The predicted octanol–water partition coefficient (Wildman–Crippen LogP) is 3.65. The van der Waals surface area contributed by atoms with Gasteiger partial charge in [0.25, 0.3) is 0 Å². The molecule has 0 aliphatic rings. The second-order valence-electron chi connectivity index (χ2n) is 6.75. The van der Waals surface area contributed by atoms with Gasteiger partial charge in [0.2, 0.25) is 0 Å². The SMILES string of the molecule is Cc1ccc(C(=O)c2ccc(OCC(=O)OC(C)(C)C)cc2O)cc1. The van der Waals surface area contributed by atoms with E-state index in [0.717, 1.165) is 5.56 Å². The predicted molar refractivity (Wildman–Crippen MR) is 94.1 cm³/mol. The summed E-state index contributed by atoms with van der Waals surface area (Å²) in [7, 11) is 0. The van der Waals surface area contributed by atoms with Gasteiger partial charge >= 0.3 is 5.97 Å². The number of phenols is 1. The second-order valence-corrected chi connectivity index (χ2v) is 6.75. The van der Waals surface area contributed by atoms with E-state index in [-0.39, 0.29) is 29.5 Å². The van der Waals surface area contributed by atoms with E-state index < -0.39 is 11.6 Å². The van der Waals surface area contributed by atoms with E-state index >= 15 is 0 Å². The minimum atomic E-state index is -0.590. The van der Waals surface area contributed by atoms with Gasteiger partial charge in [0.1, 0.15) is 17.1 Å². The molecule has 0 aliphatic carbocycles. The van der Waals surface area contributed by atoms with E-state index in [2.05, 4.69) is 0 Å². The molecule has 2 rings (SSSR count). The van der Waals surface area contributed by atoms with Gasteiger partial charge in [-0.05, 0) is 39.8 Å². The van der Waals surface area contributed by atoms with Crippen LogP contribution in [0.4, 0.5) is 0 Å². The molecule has 0 heterocycles. The zero-order chi connectivity index (χ0) is 18.6. The monoisotopic (exact) mass is 342 g/mol. The summed E-state index contributed by atoms with van der Waals surface area (Å²) >= 11 is 0. The number of ketones is 1. The Kier molecular flexibility index (Phi) is 5.47. The molecule has 0 saturated carbocycles.